The monoisotopic (exact) mass is 503 g/mol. The molecule has 9 heteroatoms. The zero-order valence-electron chi connectivity index (χ0n) is 20.5. The molecule has 1 amide bonds. The lowest BCUT2D eigenvalue weighted by atomic mass is 10.0. The molecule has 4 rings (SSSR count). The Balaban J connectivity index is 1.70. The number of benzene rings is 3. The highest BCUT2D eigenvalue weighted by atomic mass is 32.2. The molecule has 1 heterocycles. The number of fused-ring (bicyclic) bond motifs is 1. The van der Waals surface area contributed by atoms with Crippen LogP contribution in [0.3, 0.4) is 0 Å². The number of rotatable bonds is 9. The summed E-state index contributed by atoms with van der Waals surface area (Å²) < 4.78 is 28.6. The summed E-state index contributed by atoms with van der Waals surface area (Å²) in [7, 11) is -3.64. The van der Waals surface area contributed by atoms with Crippen LogP contribution in [0.4, 0.5) is 17.2 Å². The van der Waals surface area contributed by atoms with Crippen LogP contribution in [0.1, 0.15) is 32.3 Å². The molecule has 0 aliphatic heterocycles. The maximum Gasteiger partial charge on any atom is 0.240 e. The molecule has 3 aromatic carbocycles. The van der Waals surface area contributed by atoms with Crippen molar-refractivity contribution in [3.8, 4) is 11.3 Å². The molecule has 4 aromatic rings. The van der Waals surface area contributed by atoms with Crippen LogP contribution in [0.5, 0.6) is 0 Å². The first-order chi connectivity index (χ1) is 17.3. The highest BCUT2D eigenvalue weighted by molar-refractivity contribution is 7.89. The summed E-state index contributed by atoms with van der Waals surface area (Å²) in [5.41, 5.74) is 3.43. The Morgan fingerprint density at radius 3 is 2.31 bits per heavy atom. The number of aryl methyl sites for hydroxylation is 1. The van der Waals surface area contributed by atoms with Gasteiger partial charge in [-0.15, -0.1) is 10.2 Å². The predicted molar refractivity (Wildman–Crippen MR) is 144 cm³/mol. The Bertz CT molecular complexity index is 1500. The fourth-order valence-corrected chi connectivity index (χ4v) is 5.23. The van der Waals surface area contributed by atoms with E-state index in [2.05, 4.69) is 25.6 Å². The van der Waals surface area contributed by atoms with E-state index < -0.39 is 10.0 Å². The Morgan fingerprint density at radius 2 is 1.61 bits per heavy atom. The highest BCUT2D eigenvalue weighted by Gasteiger charge is 2.19. The number of unbranched alkanes of at least 4 members (excludes halogenated alkanes) is 1. The average molecular weight is 504 g/mol. The summed E-state index contributed by atoms with van der Waals surface area (Å²) in [4.78, 5) is 11.5. The first-order valence-electron chi connectivity index (χ1n) is 11.8. The molecule has 0 aliphatic carbocycles. The van der Waals surface area contributed by atoms with Crippen LogP contribution in [0.15, 0.2) is 71.6 Å². The Labute approximate surface area is 211 Å². The highest BCUT2D eigenvalue weighted by Crippen LogP contribution is 2.33. The van der Waals surface area contributed by atoms with Gasteiger partial charge in [0.15, 0.2) is 5.82 Å². The first kappa shape index (κ1) is 25.3. The number of carbonyl (C=O) groups excluding carboxylic acids is 1. The molecule has 0 aliphatic rings. The van der Waals surface area contributed by atoms with Gasteiger partial charge < -0.3 is 10.6 Å². The van der Waals surface area contributed by atoms with Gasteiger partial charge in [0.2, 0.25) is 15.9 Å². The van der Waals surface area contributed by atoms with Crippen molar-refractivity contribution in [2.75, 3.05) is 17.2 Å². The van der Waals surface area contributed by atoms with Gasteiger partial charge in [-0.2, -0.15) is 0 Å². The zero-order chi connectivity index (χ0) is 25.7. The van der Waals surface area contributed by atoms with Gasteiger partial charge in [0.1, 0.15) is 5.69 Å². The molecule has 0 saturated heterocycles. The predicted octanol–water partition coefficient (Wildman–Crippen LogP) is 5.39. The van der Waals surface area contributed by atoms with Crippen LogP contribution in [0.2, 0.25) is 0 Å². The lowest BCUT2D eigenvalue weighted by molar-refractivity contribution is -0.114. The molecule has 0 fully saturated rings. The molecule has 0 atom stereocenters. The second-order valence-corrected chi connectivity index (χ2v) is 10.3. The number of hydrogen-bond donors (Lipinski definition) is 3. The third kappa shape index (κ3) is 5.69. The summed E-state index contributed by atoms with van der Waals surface area (Å²) >= 11 is 0. The average Bonchev–Trinajstić information content (AvgIpc) is 2.85. The van der Waals surface area contributed by atoms with E-state index >= 15 is 0 Å². The van der Waals surface area contributed by atoms with Crippen molar-refractivity contribution in [3.63, 3.8) is 0 Å². The van der Waals surface area contributed by atoms with E-state index in [0.29, 0.717) is 34.9 Å². The van der Waals surface area contributed by atoms with E-state index in [4.69, 9.17) is 0 Å². The molecule has 36 heavy (non-hydrogen) atoms. The van der Waals surface area contributed by atoms with Crippen molar-refractivity contribution in [1.29, 1.82) is 0 Å². The SMILES string of the molecule is CCCCNS(=O)(=O)c1cc(-c2nnc(Nc3ccc(NC(C)=O)cc3)c3ccccc23)ccc1C. The van der Waals surface area contributed by atoms with Crippen LogP contribution in [-0.2, 0) is 14.8 Å². The largest absolute Gasteiger partial charge is 0.338 e. The number of aromatic nitrogens is 2. The number of nitrogens with zero attached hydrogens (tertiary/aromatic N) is 2. The van der Waals surface area contributed by atoms with E-state index in [1.807, 2.05) is 49.4 Å². The lowest BCUT2D eigenvalue weighted by Crippen LogP contribution is -2.25. The summed E-state index contributed by atoms with van der Waals surface area (Å²) in [6.07, 6.45) is 1.68. The van der Waals surface area contributed by atoms with E-state index in [9.17, 15) is 13.2 Å². The van der Waals surface area contributed by atoms with Gasteiger partial charge in [-0.1, -0.05) is 49.7 Å². The fraction of sp³-hybridized carbons (Fsp3) is 0.222. The number of amides is 1. The summed E-state index contributed by atoms with van der Waals surface area (Å²) in [5.74, 6) is 0.440. The topological polar surface area (TPSA) is 113 Å². The fourth-order valence-electron chi connectivity index (χ4n) is 3.88. The molecule has 0 saturated carbocycles. The zero-order valence-corrected chi connectivity index (χ0v) is 21.3. The van der Waals surface area contributed by atoms with Crippen molar-refractivity contribution in [3.05, 3.63) is 72.3 Å². The van der Waals surface area contributed by atoms with E-state index in [0.717, 1.165) is 29.3 Å². The molecular weight excluding hydrogens is 474 g/mol. The molecule has 0 unspecified atom stereocenters. The van der Waals surface area contributed by atoms with Crippen LogP contribution >= 0.6 is 0 Å². The minimum Gasteiger partial charge on any atom is -0.338 e. The van der Waals surface area contributed by atoms with Crippen LogP contribution in [-0.4, -0.2) is 31.1 Å². The van der Waals surface area contributed by atoms with Crippen molar-refractivity contribution >= 4 is 43.9 Å². The number of nitrogens with one attached hydrogen (secondary N) is 3. The molecule has 8 nitrogen and oxygen atoms in total. The number of sulfonamides is 1. The molecule has 3 N–H and O–H groups in total. The van der Waals surface area contributed by atoms with E-state index in [-0.39, 0.29) is 10.8 Å². The minimum absolute atomic E-state index is 0.132. The van der Waals surface area contributed by atoms with Crippen molar-refractivity contribution in [2.45, 2.75) is 38.5 Å². The molecule has 1 aromatic heterocycles. The Hall–Kier alpha value is -3.82. The summed E-state index contributed by atoms with van der Waals surface area (Å²) in [6, 6.07) is 20.3. The molecule has 0 bridgehead atoms. The van der Waals surface area contributed by atoms with Gasteiger partial charge in [-0.05, 0) is 49.2 Å². The molecule has 0 spiro atoms. The molecule has 186 valence electrons. The van der Waals surface area contributed by atoms with Gasteiger partial charge in [0.25, 0.3) is 0 Å². The number of anilines is 3. The lowest BCUT2D eigenvalue weighted by Gasteiger charge is -2.14. The minimum atomic E-state index is -3.64. The third-order valence-electron chi connectivity index (χ3n) is 5.73. The summed E-state index contributed by atoms with van der Waals surface area (Å²) in [5, 5.41) is 16.6. The van der Waals surface area contributed by atoms with Crippen LogP contribution in [0, 0.1) is 6.92 Å². The number of hydrogen-bond acceptors (Lipinski definition) is 6. The van der Waals surface area contributed by atoms with Crippen molar-refractivity contribution < 1.29 is 13.2 Å². The number of carbonyl (C=O) groups is 1. The van der Waals surface area contributed by atoms with Crippen molar-refractivity contribution in [2.24, 2.45) is 0 Å². The third-order valence-corrected chi connectivity index (χ3v) is 7.33. The molecule has 0 radical (unpaired) electrons. The Kier molecular flexibility index (Phi) is 7.61. The Morgan fingerprint density at radius 1 is 0.917 bits per heavy atom. The summed E-state index contributed by atoms with van der Waals surface area (Å²) in [6.45, 7) is 5.66. The van der Waals surface area contributed by atoms with Crippen LogP contribution < -0.4 is 15.4 Å². The normalized spacial score (nSPS) is 11.4. The maximum absolute atomic E-state index is 12.9. The second-order valence-electron chi connectivity index (χ2n) is 8.56. The first-order valence-corrected chi connectivity index (χ1v) is 13.3. The van der Waals surface area contributed by atoms with Gasteiger partial charge in [-0.25, -0.2) is 13.1 Å². The van der Waals surface area contributed by atoms with Crippen molar-refractivity contribution in [1.82, 2.24) is 14.9 Å². The van der Waals surface area contributed by atoms with E-state index in [1.165, 1.54) is 6.92 Å². The second kappa shape index (κ2) is 10.8. The van der Waals surface area contributed by atoms with Gasteiger partial charge in [0.05, 0.1) is 4.90 Å². The maximum atomic E-state index is 12.9. The van der Waals surface area contributed by atoms with E-state index in [1.54, 1.807) is 31.2 Å². The quantitative estimate of drug-likeness (QED) is 0.264. The molecular formula is C27H29N5O3S. The van der Waals surface area contributed by atoms with Gasteiger partial charge in [0, 0.05) is 41.2 Å². The van der Waals surface area contributed by atoms with Gasteiger partial charge in [-0.3, -0.25) is 4.79 Å². The van der Waals surface area contributed by atoms with Gasteiger partial charge >= 0.3 is 0 Å². The van der Waals surface area contributed by atoms with Crippen LogP contribution in [0.25, 0.3) is 22.0 Å². The smallest absolute Gasteiger partial charge is 0.240 e. The standard InChI is InChI=1S/C27H29N5O3S/c1-4-5-16-28-36(34,35)25-17-20(11-10-18(25)2)26-23-8-6-7-9-24(23)27(32-31-26)30-22-14-12-21(13-15-22)29-19(3)33/h6-15,17,28H,4-5,16H2,1-3H3,(H,29,33)(H,30,32).